The van der Waals surface area contributed by atoms with Crippen LogP contribution < -0.4 is 5.32 Å². The molecular weight excluding hydrogens is 355 g/mol. The molecule has 0 saturated carbocycles. The lowest BCUT2D eigenvalue weighted by Crippen LogP contribution is -2.17. The molecule has 1 amide bonds. The molecule has 1 aliphatic heterocycles. The highest BCUT2D eigenvalue weighted by Crippen LogP contribution is 2.31. The fourth-order valence-electron chi connectivity index (χ4n) is 2.20. The third-order valence-corrected chi connectivity index (χ3v) is 4.56. The second-order valence-electron chi connectivity index (χ2n) is 5.05. The SMILES string of the molecule is O=C1NC(=S)S/C1=C\c1ccc(-c2ccc(C(F)(F)F)cc2)cc1. The molecule has 0 atom stereocenters. The van der Waals surface area contributed by atoms with Crippen molar-refractivity contribution in [1.82, 2.24) is 5.32 Å². The lowest BCUT2D eigenvalue weighted by Gasteiger charge is -2.08. The smallest absolute Gasteiger partial charge is 0.307 e. The molecule has 1 N–H and O–H groups in total. The van der Waals surface area contributed by atoms with Crippen LogP contribution in [0.4, 0.5) is 13.2 Å². The normalized spacial score (nSPS) is 16.5. The molecule has 7 heteroatoms. The number of benzene rings is 2. The summed E-state index contributed by atoms with van der Waals surface area (Å²) in [6.07, 6.45) is -2.62. The molecule has 3 rings (SSSR count). The average Bonchev–Trinajstić information content (AvgIpc) is 2.85. The van der Waals surface area contributed by atoms with Gasteiger partial charge in [0.15, 0.2) is 0 Å². The van der Waals surface area contributed by atoms with E-state index in [4.69, 9.17) is 12.2 Å². The standard InChI is InChI=1S/C17H10F3NOS2/c18-17(19,20)13-7-5-12(6-8-13)11-3-1-10(2-4-11)9-14-15(22)21-16(23)24-14/h1-9H,(H,21,22,23)/b14-9-. The van der Waals surface area contributed by atoms with Gasteiger partial charge in [-0.1, -0.05) is 60.4 Å². The monoisotopic (exact) mass is 365 g/mol. The van der Waals surface area contributed by atoms with E-state index in [9.17, 15) is 18.0 Å². The third kappa shape index (κ3) is 3.68. The highest BCUT2D eigenvalue weighted by molar-refractivity contribution is 8.26. The van der Waals surface area contributed by atoms with Gasteiger partial charge < -0.3 is 5.32 Å². The molecule has 1 heterocycles. The summed E-state index contributed by atoms with van der Waals surface area (Å²) in [4.78, 5) is 12.1. The van der Waals surface area contributed by atoms with Crippen LogP contribution in [0.2, 0.25) is 0 Å². The second-order valence-corrected chi connectivity index (χ2v) is 6.77. The van der Waals surface area contributed by atoms with Gasteiger partial charge in [-0.2, -0.15) is 13.2 Å². The fourth-order valence-corrected chi connectivity index (χ4v) is 3.24. The quantitative estimate of drug-likeness (QED) is 0.609. The number of hydrogen-bond donors (Lipinski definition) is 1. The Morgan fingerprint density at radius 2 is 1.50 bits per heavy atom. The van der Waals surface area contributed by atoms with Crippen LogP contribution in [0.5, 0.6) is 0 Å². The summed E-state index contributed by atoms with van der Waals surface area (Å²) in [6.45, 7) is 0. The third-order valence-electron chi connectivity index (χ3n) is 3.40. The molecule has 1 saturated heterocycles. The topological polar surface area (TPSA) is 29.1 Å². The summed E-state index contributed by atoms with van der Waals surface area (Å²) < 4.78 is 38.2. The van der Waals surface area contributed by atoms with Crippen LogP contribution in [0.15, 0.2) is 53.4 Å². The van der Waals surface area contributed by atoms with Crippen LogP contribution in [-0.4, -0.2) is 10.2 Å². The van der Waals surface area contributed by atoms with Gasteiger partial charge in [0, 0.05) is 0 Å². The van der Waals surface area contributed by atoms with E-state index >= 15 is 0 Å². The van der Waals surface area contributed by atoms with Gasteiger partial charge in [-0.05, 0) is 34.9 Å². The molecule has 122 valence electrons. The number of rotatable bonds is 2. The van der Waals surface area contributed by atoms with E-state index in [1.54, 1.807) is 30.3 Å². The van der Waals surface area contributed by atoms with Crippen molar-refractivity contribution in [3.63, 3.8) is 0 Å². The number of hydrogen-bond acceptors (Lipinski definition) is 3. The summed E-state index contributed by atoms with van der Waals surface area (Å²) in [6, 6.07) is 12.2. The largest absolute Gasteiger partial charge is 0.416 e. The van der Waals surface area contributed by atoms with Gasteiger partial charge in [0.25, 0.3) is 5.91 Å². The van der Waals surface area contributed by atoms with E-state index in [1.807, 2.05) is 0 Å². The van der Waals surface area contributed by atoms with Crippen LogP contribution >= 0.6 is 24.0 Å². The number of thioether (sulfide) groups is 1. The fraction of sp³-hybridized carbons (Fsp3) is 0.0588. The molecule has 24 heavy (non-hydrogen) atoms. The molecule has 2 nitrogen and oxygen atoms in total. The molecule has 0 unspecified atom stereocenters. The van der Waals surface area contributed by atoms with Gasteiger partial charge in [-0.15, -0.1) is 0 Å². The molecule has 0 spiro atoms. The lowest BCUT2D eigenvalue weighted by atomic mass is 10.0. The van der Waals surface area contributed by atoms with Crippen molar-refractivity contribution >= 4 is 40.3 Å². The maximum absolute atomic E-state index is 12.6. The average molecular weight is 365 g/mol. The van der Waals surface area contributed by atoms with E-state index in [0.717, 1.165) is 23.3 Å². The predicted molar refractivity (Wildman–Crippen MR) is 93.2 cm³/mol. The first-order valence-corrected chi connectivity index (χ1v) is 8.08. The number of carbonyl (C=O) groups excluding carboxylic acids is 1. The summed E-state index contributed by atoms with van der Waals surface area (Å²) in [7, 11) is 0. The van der Waals surface area contributed by atoms with Crippen LogP contribution in [0.1, 0.15) is 11.1 Å². The lowest BCUT2D eigenvalue weighted by molar-refractivity contribution is -0.137. The Labute approximate surface area is 145 Å². The van der Waals surface area contributed by atoms with Crippen molar-refractivity contribution in [1.29, 1.82) is 0 Å². The minimum Gasteiger partial charge on any atom is -0.307 e. The van der Waals surface area contributed by atoms with Gasteiger partial charge in [0.05, 0.1) is 10.5 Å². The van der Waals surface area contributed by atoms with Crippen molar-refractivity contribution in [3.05, 3.63) is 64.6 Å². The van der Waals surface area contributed by atoms with Crippen molar-refractivity contribution in [2.45, 2.75) is 6.18 Å². The van der Waals surface area contributed by atoms with E-state index in [1.165, 1.54) is 23.9 Å². The van der Waals surface area contributed by atoms with Crippen LogP contribution in [0, 0.1) is 0 Å². The van der Waals surface area contributed by atoms with Gasteiger partial charge >= 0.3 is 6.18 Å². The molecule has 0 bridgehead atoms. The summed E-state index contributed by atoms with van der Waals surface area (Å²) in [5.74, 6) is -0.225. The molecule has 0 aromatic heterocycles. The summed E-state index contributed by atoms with van der Waals surface area (Å²) >= 11 is 6.12. The van der Waals surface area contributed by atoms with Crippen molar-refractivity contribution in [2.24, 2.45) is 0 Å². The number of halogens is 3. The molecule has 1 fully saturated rings. The van der Waals surface area contributed by atoms with Gasteiger partial charge in [-0.3, -0.25) is 4.79 Å². The Hall–Kier alpha value is -2.12. The zero-order chi connectivity index (χ0) is 17.3. The van der Waals surface area contributed by atoms with E-state index in [-0.39, 0.29) is 5.91 Å². The molecule has 0 aliphatic carbocycles. The molecule has 2 aromatic rings. The maximum atomic E-state index is 12.6. The van der Waals surface area contributed by atoms with E-state index in [2.05, 4.69) is 5.32 Å². The van der Waals surface area contributed by atoms with Crippen LogP contribution in [0.25, 0.3) is 17.2 Å². The summed E-state index contributed by atoms with van der Waals surface area (Å²) in [5, 5.41) is 2.54. The van der Waals surface area contributed by atoms with Crippen molar-refractivity contribution in [3.8, 4) is 11.1 Å². The van der Waals surface area contributed by atoms with E-state index in [0.29, 0.717) is 14.8 Å². The van der Waals surface area contributed by atoms with Crippen molar-refractivity contribution < 1.29 is 18.0 Å². The number of alkyl halides is 3. The first-order valence-electron chi connectivity index (χ1n) is 6.85. The minimum atomic E-state index is -4.34. The van der Waals surface area contributed by atoms with Crippen LogP contribution in [-0.2, 0) is 11.0 Å². The Bertz CT molecular complexity index is 824. The predicted octanol–water partition coefficient (Wildman–Crippen LogP) is 4.86. The van der Waals surface area contributed by atoms with Gasteiger partial charge in [0.2, 0.25) is 0 Å². The maximum Gasteiger partial charge on any atom is 0.416 e. The number of nitrogens with one attached hydrogen (secondary N) is 1. The summed E-state index contributed by atoms with van der Waals surface area (Å²) in [5.41, 5.74) is 1.63. The molecular formula is C17H10F3NOS2. The Balaban J connectivity index is 1.81. The highest BCUT2D eigenvalue weighted by Gasteiger charge is 2.29. The number of carbonyl (C=O) groups is 1. The zero-order valence-corrected chi connectivity index (χ0v) is 13.7. The number of amides is 1. The second kappa shape index (κ2) is 6.41. The Morgan fingerprint density at radius 3 is 1.96 bits per heavy atom. The van der Waals surface area contributed by atoms with Gasteiger partial charge in [-0.25, -0.2) is 0 Å². The zero-order valence-electron chi connectivity index (χ0n) is 12.1. The first kappa shape index (κ1) is 16.7. The van der Waals surface area contributed by atoms with Gasteiger partial charge in [0.1, 0.15) is 4.32 Å². The minimum absolute atomic E-state index is 0.225. The molecule has 2 aromatic carbocycles. The van der Waals surface area contributed by atoms with E-state index < -0.39 is 11.7 Å². The Morgan fingerprint density at radius 1 is 0.958 bits per heavy atom. The molecule has 1 aliphatic rings. The first-order chi connectivity index (χ1) is 11.3. The Kier molecular flexibility index (Phi) is 4.47. The highest BCUT2D eigenvalue weighted by atomic mass is 32.2. The number of thiocarbonyl (C=S) groups is 1. The van der Waals surface area contributed by atoms with Crippen LogP contribution in [0.3, 0.4) is 0 Å². The molecule has 0 radical (unpaired) electrons. The van der Waals surface area contributed by atoms with Crippen molar-refractivity contribution in [2.75, 3.05) is 0 Å².